The van der Waals surface area contributed by atoms with Crippen LogP contribution in [0.1, 0.15) is 5.56 Å². The highest BCUT2D eigenvalue weighted by Crippen LogP contribution is 2.43. The maximum Gasteiger partial charge on any atom is 0.194 e. The number of fused-ring (bicyclic) bond motifs is 1. The highest BCUT2D eigenvalue weighted by atomic mass is 16.6. The van der Waals surface area contributed by atoms with E-state index in [2.05, 4.69) is 0 Å². The number of rotatable bonds is 1. The fourth-order valence-corrected chi connectivity index (χ4v) is 2.05. The second kappa shape index (κ2) is 2.78. The van der Waals surface area contributed by atoms with Gasteiger partial charge in [0.05, 0.1) is 0 Å². The molecule has 3 heteroatoms. The number of ketones is 1. The van der Waals surface area contributed by atoms with E-state index in [4.69, 9.17) is 4.74 Å². The number of hydrogen-bond donors (Lipinski definition) is 1. The van der Waals surface area contributed by atoms with Gasteiger partial charge in [-0.05, 0) is 17.7 Å². The van der Waals surface area contributed by atoms with Crippen molar-refractivity contribution in [3.8, 4) is 0 Å². The van der Waals surface area contributed by atoms with E-state index in [1.807, 2.05) is 6.07 Å². The number of aliphatic hydroxyl groups is 1. The monoisotopic (exact) mass is 202 g/mol. The summed E-state index contributed by atoms with van der Waals surface area (Å²) in [6, 6.07) is 8.94. The van der Waals surface area contributed by atoms with Gasteiger partial charge in [0.25, 0.3) is 0 Å². The van der Waals surface area contributed by atoms with Gasteiger partial charge in [-0.15, -0.1) is 0 Å². The predicted octanol–water partition coefficient (Wildman–Crippen LogP) is 0.780. The number of carbonyl (C=O) groups excluding carboxylic acids is 1. The van der Waals surface area contributed by atoms with Crippen molar-refractivity contribution in [2.24, 2.45) is 0 Å². The van der Waals surface area contributed by atoms with Crippen molar-refractivity contribution in [3.05, 3.63) is 48.0 Å². The van der Waals surface area contributed by atoms with Gasteiger partial charge in [-0.2, -0.15) is 0 Å². The normalized spacial score (nSPS) is 37.5. The van der Waals surface area contributed by atoms with Crippen LogP contribution in [0, 0.1) is 0 Å². The van der Waals surface area contributed by atoms with E-state index in [-0.39, 0.29) is 11.9 Å². The third kappa shape index (κ3) is 1.11. The lowest BCUT2D eigenvalue weighted by Crippen LogP contribution is -2.42. The molecule has 1 aliphatic carbocycles. The Kier molecular flexibility index (Phi) is 1.63. The minimum absolute atomic E-state index is 0.104. The zero-order valence-corrected chi connectivity index (χ0v) is 7.96. The van der Waals surface area contributed by atoms with Crippen LogP contribution in [0.5, 0.6) is 0 Å². The van der Waals surface area contributed by atoms with Crippen molar-refractivity contribution >= 4 is 5.78 Å². The Bertz CT molecular complexity index is 437. The van der Waals surface area contributed by atoms with Crippen molar-refractivity contribution in [2.45, 2.75) is 17.8 Å². The molecule has 0 radical (unpaired) electrons. The number of benzene rings is 1. The Labute approximate surface area is 87.0 Å². The molecule has 1 heterocycles. The summed E-state index contributed by atoms with van der Waals surface area (Å²) in [4.78, 5) is 11.7. The van der Waals surface area contributed by atoms with Crippen LogP contribution < -0.4 is 0 Å². The van der Waals surface area contributed by atoms with Crippen LogP contribution in [0.4, 0.5) is 0 Å². The molecule has 1 aromatic carbocycles. The standard InChI is InChI=1S/C12H10O3/c13-10-7-6-9-11(15-9)12(10,14)8-4-2-1-3-5-8/h1-7,9,11,14H/t9-,11-,12+/m0/s1. The highest BCUT2D eigenvalue weighted by Gasteiger charge is 2.59. The number of epoxide rings is 1. The van der Waals surface area contributed by atoms with Gasteiger partial charge < -0.3 is 9.84 Å². The van der Waals surface area contributed by atoms with Gasteiger partial charge in [0.1, 0.15) is 12.2 Å². The van der Waals surface area contributed by atoms with Crippen LogP contribution in [0.2, 0.25) is 0 Å². The minimum atomic E-state index is -1.49. The molecule has 15 heavy (non-hydrogen) atoms. The molecule has 3 rings (SSSR count). The van der Waals surface area contributed by atoms with Gasteiger partial charge in [-0.1, -0.05) is 30.3 Å². The first-order valence-corrected chi connectivity index (χ1v) is 4.89. The van der Waals surface area contributed by atoms with Gasteiger partial charge in [-0.3, -0.25) is 4.79 Å². The fourth-order valence-electron chi connectivity index (χ4n) is 2.05. The summed E-state index contributed by atoms with van der Waals surface area (Å²) in [5.41, 5.74) is -0.882. The van der Waals surface area contributed by atoms with E-state index in [1.165, 1.54) is 6.08 Å². The first-order valence-electron chi connectivity index (χ1n) is 4.89. The zero-order valence-electron chi connectivity index (χ0n) is 7.96. The Morgan fingerprint density at radius 1 is 1.27 bits per heavy atom. The smallest absolute Gasteiger partial charge is 0.194 e. The van der Waals surface area contributed by atoms with Gasteiger partial charge in [0.15, 0.2) is 11.4 Å². The zero-order chi connectivity index (χ0) is 10.5. The maximum atomic E-state index is 11.7. The van der Waals surface area contributed by atoms with Crippen LogP contribution in [-0.4, -0.2) is 23.1 Å². The third-order valence-electron chi connectivity index (χ3n) is 2.96. The molecule has 0 saturated carbocycles. The van der Waals surface area contributed by atoms with Crippen LogP contribution in [-0.2, 0) is 15.1 Å². The summed E-state index contributed by atoms with van der Waals surface area (Å²) >= 11 is 0. The summed E-state index contributed by atoms with van der Waals surface area (Å²) in [7, 11) is 0. The SMILES string of the molecule is O=C1C=C[C@@H]2O[C@@H]2[C@@]1(O)c1ccccc1. The van der Waals surface area contributed by atoms with Crippen molar-refractivity contribution in [1.29, 1.82) is 0 Å². The molecule has 1 aromatic rings. The fraction of sp³-hybridized carbons (Fsp3) is 0.250. The second-order valence-electron chi connectivity index (χ2n) is 3.88. The molecular weight excluding hydrogens is 192 g/mol. The average molecular weight is 202 g/mol. The molecular formula is C12H10O3. The van der Waals surface area contributed by atoms with Gasteiger partial charge in [0, 0.05) is 0 Å². The summed E-state index contributed by atoms with van der Waals surface area (Å²) in [5.74, 6) is -0.299. The van der Waals surface area contributed by atoms with Crippen LogP contribution >= 0.6 is 0 Å². The van der Waals surface area contributed by atoms with E-state index in [0.29, 0.717) is 5.56 Å². The van der Waals surface area contributed by atoms with Crippen molar-refractivity contribution in [3.63, 3.8) is 0 Å². The number of ether oxygens (including phenoxy) is 1. The van der Waals surface area contributed by atoms with E-state index >= 15 is 0 Å². The Balaban J connectivity index is 2.10. The van der Waals surface area contributed by atoms with Crippen LogP contribution in [0.15, 0.2) is 42.5 Å². The Morgan fingerprint density at radius 3 is 2.73 bits per heavy atom. The summed E-state index contributed by atoms with van der Waals surface area (Å²) in [5, 5.41) is 10.4. The highest BCUT2D eigenvalue weighted by molar-refractivity contribution is 6.00. The lowest BCUT2D eigenvalue weighted by atomic mass is 9.82. The second-order valence-corrected chi connectivity index (χ2v) is 3.88. The van der Waals surface area contributed by atoms with Crippen molar-refractivity contribution in [1.82, 2.24) is 0 Å². The predicted molar refractivity (Wildman–Crippen MR) is 53.1 cm³/mol. The van der Waals surface area contributed by atoms with Gasteiger partial charge >= 0.3 is 0 Å². The molecule has 3 atom stereocenters. The third-order valence-corrected chi connectivity index (χ3v) is 2.96. The molecule has 1 aliphatic heterocycles. The minimum Gasteiger partial charge on any atom is -0.374 e. The van der Waals surface area contributed by atoms with E-state index in [0.717, 1.165) is 0 Å². The van der Waals surface area contributed by atoms with Gasteiger partial charge in [0.2, 0.25) is 0 Å². The van der Waals surface area contributed by atoms with Crippen LogP contribution in [0.3, 0.4) is 0 Å². The summed E-state index contributed by atoms with van der Waals surface area (Å²) in [6.45, 7) is 0. The molecule has 3 nitrogen and oxygen atoms in total. The van der Waals surface area contributed by atoms with Gasteiger partial charge in [-0.25, -0.2) is 0 Å². The molecule has 1 fully saturated rings. The molecule has 2 aliphatic rings. The molecule has 76 valence electrons. The Morgan fingerprint density at radius 2 is 2.00 bits per heavy atom. The molecule has 0 spiro atoms. The van der Waals surface area contributed by atoms with E-state index in [9.17, 15) is 9.90 Å². The molecule has 1 saturated heterocycles. The summed E-state index contributed by atoms with van der Waals surface area (Å²) in [6.07, 6.45) is 2.59. The molecule has 0 amide bonds. The molecule has 0 unspecified atom stereocenters. The first-order chi connectivity index (χ1) is 7.23. The maximum absolute atomic E-state index is 11.7. The largest absolute Gasteiger partial charge is 0.374 e. The van der Waals surface area contributed by atoms with Crippen molar-refractivity contribution < 1.29 is 14.6 Å². The first kappa shape index (κ1) is 8.83. The lowest BCUT2D eigenvalue weighted by Gasteiger charge is -2.25. The molecule has 0 bridgehead atoms. The quantitative estimate of drug-likeness (QED) is 0.685. The number of hydrogen-bond acceptors (Lipinski definition) is 3. The Hall–Kier alpha value is -1.45. The lowest BCUT2D eigenvalue weighted by molar-refractivity contribution is -0.135. The van der Waals surface area contributed by atoms with Crippen molar-refractivity contribution in [2.75, 3.05) is 0 Å². The molecule has 0 aromatic heterocycles. The summed E-state index contributed by atoms with van der Waals surface area (Å²) < 4.78 is 5.26. The van der Waals surface area contributed by atoms with Crippen LogP contribution in [0.25, 0.3) is 0 Å². The average Bonchev–Trinajstić information content (AvgIpc) is 3.05. The number of carbonyl (C=O) groups is 1. The molecule has 1 N–H and O–H groups in total. The van der Waals surface area contributed by atoms with E-state index < -0.39 is 11.7 Å². The van der Waals surface area contributed by atoms with E-state index in [1.54, 1.807) is 30.3 Å². The topological polar surface area (TPSA) is 49.8 Å².